The number of imidazole rings is 1. The Morgan fingerprint density at radius 3 is 2.52 bits per heavy atom. The highest BCUT2D eigenvalue weighted by Crippen LogP contribution is 2.24. The second kappa shape index (κ2) is 10.2. The average Bonchev–Trinajstić information content (AvgIpc) is 2.96. The quantitative estimate of drug-likeness (QED) is 0.476. The number of azo groups is 1. The summed E-state index contributed by atoms with van der Waals surface area (Å²) in [5.74, 6) is 0.815. The van der Waals surface area contributed by atoms with E-state index in [1.165, 1.54) is 12.8 Å². The van der Waals surface area contributed by atoms with Gasteiger partial charge in [-0.15, -0.1) is 0 Å². The van der Waals surface area contributed by atoms with E-state index < -0.39 is 0 Å². The van der Waals surface area contributed by atoms with Gasteiger partial charge in [-0.25, -0.2) is 9.13 Å². The van der Waals surface area contributed by atoms with Crippen LogP contribution in [0.5, 0.6) is 0 Å². The van der Waals surface area contributed by atoms with Crippen LogP contribution in [0.4, 0.5) is 17.3 Å². The van der Waals surface area contributed by atoms with Gasteiger partial charge in [0.1, 0.15) is 5.69 Å². The number of aromatic nitrogens is 2. The molecule has 6 nitrogen and oxygen atoms in total. The molecule has 0 amide bonds. The van der Waals surface area contributed by atoms with Crippen LogP contribution in [0, 0.1) is 6.92 Å². The van der Waals surface area contributed by atoms with Gasteiger partial charge in [0, 0.05) is 22.9 Å². The minimum atomic E-state index is 0.418. The molecule has 2 N–H and O–H groups in total. The molecule has 1 aromatic heterocycles. The zero-order chi connectivity index (χ0) is 19.8. The van der Waals surface area contributed by atoms with Crippen LogP contribution in [0.1, 0.15) is 45.6 Å². The molecule has 148 valence electrons. The normalized spacial score (nSPS) is 12.9. The van der Waals surface area contributed by atoms with Crippen molar-refractivity contribution in [2.75, 3.05) is 11.9 Å². The molecule has 1 aromatic carbocycles. The molecule has 1 atom stereocenters. The summed E-state index contributed by atoms with van der Waals surface area (Å²) in [5, 5.41) is 16.0. The van der Waals surface area contributed by atoms with Gasteiger partial charge in [0.05, 0.1) is 26.5 Å². The lowest BCUT2D eigenvalue weighted by Crippen LogP contribution is -2.31. The van der Waals surface area contributed by atoms with Crippen molar-refractivity contribution in [3.05, 3.63) is 36.2 Å². The number of nitrogens with one attached hydrogen (secondary N) is 2. The van der Waals surface area contributed by atoms with Crippen LogP contribution in [-0.2, 0) is 14.1 Å². The summed E-state index contributed by atoms with van der Waals surface area (Å²) in [4.78, 5) is 0. The van der Waals surface area contributed by atoms with Crippen LogP contribution in [-0.4, -0.2) is 23.2 Å². The second-order valence-electron chi connectivity index (χ2n) is 7.32. The minimum absolute atomic E-state index is 0.418. The minimum Gasteiger partial charge on any atom is -0.383 e. The fourth-order valence-electron chi connectivity index (χ4n) is 3.12. The zero-order valence-corrected chi connectivity index (χ0v) is 17.7. The Morgan fingerprint density at radius 2 is 1.93 bits per heavy atom. The van der Waals surface area contributed by atoms with Crippen LogP contribution >= 0.6 is 0 Å². The van der Waals surface area contributed by atoms with Crippen molar-refractivity contribution in [2.24, 2.45) is 24.3 Å². The summed E-state index contributed by atoms with van der Waals surface area (Å²) >= 11 is 0. The van der Waals surface area contributed by atoms with Gasteiger partial charge in [-0.05, 0) is 63.4 Å². The maximum atomic E-state index is 4.42. The predicted octanol–water partition coefficient (Wildman–Crippen LogP) is 4.54. The molecule has 0 saturated heterocycles. The standard InChI is InChI=1S/C21H34N6/c1-7-18(8-2)22-12-11-17(4)23-19-9-10-20(16(3)15-19)24-25-21-26(5)13-14-27(21)6/h9-10,13-15,17-18,22H,7-8,11-12H2,1-6H3/p+1. The first-order valence-corrected chi connectivity index (χ1v) is 9.97. The van der Waals surface area contributed by atoms with Crippen molar-refractivity contribution < 1.29 is 4.57 Å². The topological polar surface area (TPSA) is 57.6 Å². The summed E-state index contributed by atoms with van der Waals surface area (Å²) < 4.78 is 3.90. The van der Waals surface area contributed by atoms with Gasteiger partial charge in [-0.3, -0.25) is 0 Å². The highest BCUT2D eigenvalue weighted by atomic mass is 15.3. The van der Waals surface area contributed by atoms with Crippen molar-refractivity contribution >= 4 is 17.3 Å². The van der Waals surface area contributed by atoms with Gasteiger partial charge in [0.15, 0.2) is 0 Å². The molecule has 0 saturated carbocycles. The number of aryl methyl sites for hydroxylation is 3. The van der Waals surface area contributed by atoms with Crippen molar-refractivity contribution in [3.63, 3.8) is 0 Å². The average molecular weight is 372 g/mol. The van der Waals surface area contributed by atoms with Gasteiger partial charge < -0.3 is 10.6 Å². The molecule has 0 aliphatic heterocycles. The van der Waals surface area contributed by atoms with E-state index in [2.05, 4.69) is 60.7 Å². The maximum absolute atomic E-state index is 4.42. The van der Waals surface area contributed by atoms with E-state index in [4.69, 9.17) is 0 Å². The maximum Gasteiger partial charge on any atom is 0.421 e. The number of hydrogen-bond acceptors (Lipinski definition) is 4. The van der Waals surface area contributed by atoms with Gasteiger partial charge >= 0.3 is 5.95 Å². The van der Waals surface area contributed by atoms with Gasteiger partial charge in [0.25, 0.3) is 0 Å². The van der Waals surface area contributed by atoms with E-state index in [-0.39, 0.29) is 0 Å². The molecular weight excluding hydrogens is 336 g/mol. The lowest BCUT2D eigenvalue weighted by atomic mass is 10.1. The molecule has 0 aliphatic rings. The van der Waals surface area contributed by atoms with E-state index in [9.17, 15) is 0 Å². The summed E-state index contributed by atoms with van der Waals surface area (Å²) in [6, 6.07) is 7.30. The first-order valence-electron chi connectivity index (χ1n) is 9.97. The molecule has 0 bridgehead atoms. The van der Waals surface area contributed by atoms with E-state index >= 15 is 0 Å². The summed E-state index contributed by atoms with van der Waals surface area (Å²) in [7, 11) is 3.93. The molecule has 0 fully saturated rings. The van der Waals surface area contributed by atoms with Crippen LogP contribution in [0.25, 0.3) is 0 Å². The monoisotopic (exact) mass is 371 g/mol. The molecule has 2 rings (SSSR count). The van der Waals surface area contributed by atoms with Crippen molar-refractivity contribution in [1.29, 1.82) is 0 Å². The second-order valence-corrected chi connectivity index (χ2v) is 7.32. The molecule has 0 aliphatic carbocycles. The highest BCUT2D eigenvalue weighted by Gasteiger charge is 2.11. The smallest absolute Gasteiger partial charge is 0.383 e. The number of benzene rings is 1. The first-order chi connectivity index (χ1) is 12.9. The van der Waals surface area contributed by atoms with Crippen molar-refractivity contribution in [2.45, 2.75) is 59.0 Å². The van der Waals surface area contributed by atoms with Gasteiger partial charge in [0.2, 0.25) is 0 Å². The molecule has 0 radical (unpaired) electrons. The zero-order valence-electron chi connectivity index (χ0n) is 17.7. The Labute approximate surface area is 163 Å². The molecule has 1 unspecified atom stereocenters. The molecule has 0 spiro atoms. The Kier molecular flexibility index (Phi) is 7.98. The molecule has 1 heterocycles. The highest BCUT2D eigenvalue weighted by molar-refractivity contribution is 5.56. The Balaban J connectivity index is 1.92. The van der Waals surface area contributed by atoms with Gasteiger partial charge in [-0.2, -0.15) is 0 Å². The van der Waals surface area contributed by atoms with Crippen molar-refractivity contribution in [1.82, 2.24) is 9.88 Å². The number of rotatable bonds is 10. The Bertz CT molecular complexity index is 726. The molecular formula is C21H35N6+. The molecule has 6 heteroatoms. The summed E-state index contributed by atoms with van der Waals surface area (Å²) in [5.41, 5.74) is 3.14. The van der Waals surface area contributed by atoms with E-state index in [0.29, 0.717) is 12.1 Å². The third-order valence-electron chi connectivity index (χ3n) is 5.00. The van der Waals surface area contributed by atoms with E-state index in [1.54, 1.807) is 0 Å². The fraction of sp³-hybridized carbons (Fsp3) is 0.571. The van der Waals surface area contributed by atoms with E-state index in [1.807, 2.05) is 41.7 Å². The van der Waals surface area contributed by atoms with Gasteiger partial charge in [-0.1, -0.05) is 19.0 Å². The van der Waals surface area contributed by atoms with E-state index in [0.717, 1.165) is 35.9 Å². The number of hydrogen-bond donors (Lipinski definition) is 2. The van der Waals surface area contributed by atoms with Crippen LogP contribution < -0.4 is 15.2 Å². The number of anilines is 1. The van der Waals surface area contributed by atoms with Crippen LogP contribution in [0.3, 0.4) is 0 Å². The SMILES string of the molecule is CCC(CC)NCCC(C)Nc1ccc(N=Nc2n(C)cc[n+]2C)c(C)c1. The first kappa shape index (κ1) is 21.1. The Hall–Kier alpha value is -2.21. The number of nitrogens with zero attached hydrogens (tertiary/aromatic N) is 4. The Morgan fingerprint density at radius 1 is 1.19 bits per heavy atom. The molecule has 27 heavy (non-hydrogen) atoms. The third kappa shape index (κ3) is 6.17. The lowest BCUT2D eigenvalue weighted by molar-refractivity contribution is -0.657. The largest absolute Gasteiger partial charge is 0.421 e. The molecule has 2 aromatic rings. The van der Waals surface area contributed by atoms with Crippen LogP contribution in [0.15, 0.2) is 40.8 Å². The fourth-order valence-corrected chi connectivity index (χ4v) is 3.12. The summed E-state index contributed by atoms with van der Waals surface area (Å²) in [6.07, 6.45) is 7.41. The summed E-state index contributed by atoms with van der Waals surface area (Å²) in [6.45, 7) is 9.82. The third-order valence-corrected chi connectivity index (χ3v) is 5.00. The van der Waals surface area contributed by atoms with Crippen molar-refractivity contribution in [3.8, 4) is 0 Å². The predicted molar refractivity (Wildman–Crippen MR) is 112 cm³/mol. The van der Waals surface area contributed by atoms with Crippen LogP contribution in [0.2, 0.25) is 0 Å². The lowest BCUT2D eigenvalue weighted by Gasteiger charge is -2.19.